The van der Waals surface area contributed by atoms with E-state index in [1.165, 1.54) is 0 Å². The lowest BCUT2D eigenvalue weighted by molar-refractivity contribution is 0.255. The molecular weight excluding hydrogens is 198 g/mol. The lowest BCUT2D eigenvalue weighted by atomic mass is 10.0. The summed E-state index contributed by atoms with van der Waals surface area (Å²) in [6.45, 7) is 2.08. The van der Waals surface area contributed by atoms with Crippen LogP contribution in [0.3, 0.4) is 0 Å². The van der Waals surface area contributed by atoms with E-state index in [0.717, 1.165) is 18.4 Å². The largest absolute Gasteiger partial charge is 0.336 e. The van der Waals surface area contributed by atoms with Crippen molar-refractivity contribution in [1.82, 2.24) is 5.32 Å². The SMILES string of the molecule is CCCC(NC(=O)Cl)c1ccccc1. The molecule has 1 aromatic rings. The molecule has 0 aliphatic heterocycles. The van der Waals surface area contributed by atoms with Crippen molar-refractivity contribution in [1.29, 1.82) is 0 Å². The fourth-order valence-corrected chi connectivity index (χ4v) is 1.56. The number of hydrogen-bond acceptors (Lipinski definition) is 1. The summed E-state index contributed by atoms with van der Waals surface area (Å²) in [4.78, 5) is 10.8. The zero-order valence-electron chi connectivity index (χ0n) is 8.16. The first-order chi connectivity index (χ1) is 6.74. The van der Waals surface area contributed by atoms with Gasteiger partial charge in [0.2, 0.25) is 0 Å². The predicted molar refractivity (Wildman–Crippen MR) is 58.5 cm³/mol. The van der Waals surface area contributed by atoms with Crippen molar-refractivity contribution >= 4 is 17.0 Å². The minimum Gasteiger partial charge on any atom is -0.336 e. The number of carbonyl (C=O) groups is 1. The van der Waals surface area contributed by atoms with Crippen molar-refractivity contribution in [2.24, 2.45) is 0 Å². The maximum Gasteiger partial charge on any atom is 0.314 e. The van der Waals surface area contributed by atoms with Gasteiger partial charge in [-0.15, -0.1) is 0 Å². The molecule has 0 saturated carbocycles. The molecule has 0 aliphatic carbocycles. The van der Waals surface area contributed by atoms with Gasteiger partial charge in [0.15, 0.2) is 0 Å². The van der Waals surface area contributed by atoms with E-state index in [1.54, 1.807) is 0 Å². The molecule has 14 heavy (non-hydrogen) atoms. The van der Waals surface area contributed by atoms with Crippen LogP contribution < -0.4 is 5.32 Å². The molecule has 0 saturated heterocycles. The summed E-state index contributed by atoms with van der Waals surface area (Å²) >= 11 is 5.31. The molecule has 0 fully saturated rings. The molecule has 1 aromatic carbocycles. The highest BCUT2D eigenvalue weighted by atomic mass is 35.5. The van der Waals surface area contributed by atoms with Crippen LogP contribution in [0.2, 0.25) is 0 Å². The first-order valence-corrected chi connectivity index (χ1v) is 5.12. The third-order valence-corrected chi connectivity index (χ3v) is 2.18. The maximum absolute atomic E-state index is 10.8. The Labute approximate surface area is 89.3 Å². The van der Waals surface area contributed by atoms with Gasteiger partial charge in [0, 0.05) is 0 Å². The van der Waals surface area contributed by atoms with Crippen LogP contribution in [0.15, 0.2) is 30.3 Å². The third-order valence-electron chi connectivity index (χ3n) is 2.07. The number of rotatable bonds is 4. The molecule has 1 atom stereocenters. The Morgan fingerprint density at radius 2 is 2.07 bits per heavy atom. The Balaban J connectivity index is 2.72. The van der Waals surface area contributed by atoms with Gasteiger partial charge in [-0.05, 0) is 23.6 Å². The van der Waals surface area contributed by atoms with Gasteiger partial charge in [0.25, 0.3) is 0 Å². The first kappa shape index (κ1) is 11.1. The molecule has 1 amide bonds. The first-order valence-electron chi connectivity index (χ1n) is 4.75. The summed E-state index contributed by atoms with van der Waals surface area (Å²) in [7, 11) is 0. The van der Waals surface area contributed by atoms with Gasteiger partial charge in [-0.1, -0.05) is 43.7 Å². The highest BCUT2D eigenvalue weighted by molar-refractivity contribution is 6.62. The predicted octanol–water partition coefficient (Wildman–Crippen LogP) is 3.48. The fourth-order valence-electron chi connectivity index (χ4n) is 1.43. The van der Waals surface area contributed by atoms with E-state index in [2.05, 4.69) is 12.2 Å². The summed E-state index contributed by atoms with van der Waals surface area (Å²) in [5, 5.41) is 2.23. The van der Waals surface area contributed by atoms with Crippen molar-refractivity contribution in [2.45, 2.75) is 25.8 Å². The zero-order chi connectivity index (χ0) is 10.4. The molecule has 3 heteroatoms. The van der Waals surface area contributed by atoms with Crippen LogP contribution in [-0.2, 0) is 0 Å². The molecule has 0 radical (unpaired) electrons. The van der Waals surface area contributed by atoms with Gasteiger partial charge in [-0.3, -0.25) is 4.79 Å². The second-order valence-electron chi connectivity index (χ2n) is 3.17. The molecule has 1 rings (SSSR count). The minimum absolute atomic E-state index is 0.0335. The summed E-state index contributed by atoms with van der Waals surface area (Å²) in [6.07, 6.45) is 1.92. The number of halogens is 1. The summed E-state index contributed by atoms with van der Waals surface area (Å²) in [5.74, 6) is 0. The minimum atomic E-state index is -0.493. The standard InChI is InChI=1S/C11H14ClNO/c1-2-6-10(13-11(12)14)9-7-4-3-5-8-9/h3-5,7-8,10H,2,6H2,1H3,(H,13,14). The van der Waals surface area contributed by atoms with Gasteiger partial charge in [-0.25, -0.2) is 0 Å². The molecule has 0 spiro atoms. The second kappa shape index (κ2) is 5.66. The highest BCUT2D eigenvalue weighted by Crippen LogP contribution is 2.18. The van der Waals surface area contributed by atoms with E-state index in [-0.39, 0.29) is 6.04 Å². The smallest absolute Gasteiger partial charge is 0.314 e. The Morgan fingerprint density at radius 1 is 1.43 bits per heavy atom. The van der Waals surface area contributed by atoms with Gasteiger partial charge in [0.1, 0.15) is 0 Å². The van der Waals surface area contributed by atoms with Crippen LogP contribution in [0, 0.1) is 0 Å². The lowest BCUT2D eigenvalue weighted by Crippen LogP contribution is -2.23. The fraction of sp³-hybridized carbons (Fsp3) is 0.364. The van der Waals surface area contributed by atoms with Gasteiger partial charge >= 0.3 is 5.37 Å². The molecule has 0 heterocycles. The van der Waals surface area contributed by atoms with Crippen LogP contribution in [-0.4, -0.2) is 5.37 Å². The number of amides is 1. The normalized spacial score (nSPS) is 12.1. The number of carbonyl (C=O) groups excluding carboxylic acids is 1. The average Bonchev–Trinajstić information content (AvgIpc) is 2.18. The molecule has 0 aromatic heterocycles. The van der Waals surface area contributed by atoms with Crippen LogP contribution in [0.4, 0.5) is 4.79 Å². The Kier molecular flexibility index (Phi) is 4.47. The molecule has 1 N–H and O–H groups in total. The van der Waals surface area contributed by atoms with E-state index in [0.29, 0.717) is 0 Å². The Hall–Kier alpha value is -1.02. The van der Waals surface area contributed by atoms with E-state index in [4.69, 9.17) is 11.6 Å². The van der Waals surface area contributed by atoms with Gasteiger partial charge < -0.3 is 5.32 Å². The topological polar surface area (TPSA) is 29.1 Å². The van der Waals surface area contributed by atoms with Crippen LogP contribution in [0.5, 0.6) is 0 Å². The third kappa shape index (κ3) is 3.38. The van der Waals surface area contributed by atoms with E-state index in [1.807, 2.05) is 30.3 Å². The number of benzene rings is 1. The zero-order valence-corrected chi connectivity index (χ0v) is 8.92. The molecule has 76 valence electrons. The van der Waals surface area contributed by atoms with Crippen molar-refractivity contribution < 1.29 is 4.79 Å². The highest BCUT2D eigenvalue weighted by Gasteiger charge is 2.11. The maximum atomic E-state index is 10.8. The Morgan fingerprint density at radius 3 is 2.57 bits per heavy atom. The van der Waals surface area contributed by atoms with Crippen molar-refractivity contribution in [3.63, 3.8) is 0 Å². The Bertz CT molecular complexity index is 287. The van der Waals surface area contributed by atoms with Crippen molar-refractivity contribution in [3.05, 3.63) is 35.9 Å². The molecule has 2 nitrogen and oxygen atoms in total. The van der Waals surface area contributed by atoms with E-state index in [9.17, 15) is 4.79 Å². The van der Waals surface area contributed by atoms with Crippen LogP contribution in [0.25, 0.3) is 0 Å². The summed E-state index contributed by atoms with van der Waals surface area (Å²) in [5.41, 5.74) is 1.10. The van der Waals surface area contributed by atoms with Crippen molar-refractivity contribution in [3.8, 4) is 0 Å². The van der Waals surface area contributed by atoms with Crippen molar-refractivity contribution in [2.75, 3.05) is 0 Å². The monoisotopic (exact) mass is 211 g/mol. The number of hydrogen-bond donors (Lipinski definition) is 1. The van der Waals surface area contributed by atoms with E-state index >= 15 is 0 Å². The average molecular weight is 212 g/mol. The van der Waals surface area contributed by atoms with Gasteiger partial charge in [-0.2, -0.15) is 0 Å². The molecule has 0 aliphatic rings. The number of nitrogens with one attached hydrogen (secondary N) is 1. The second-order valence-corrected chi connectivity index (χ2v) is 3.51. The molecule has 0 bridgehead atoms. The lowest BCUT2D eigenvalue weighted by Gasteiger charge is -2.16. The quantitative estimate of drug-likeness (QED) is 0.600. The van der Waals surface area contributed by atoms with Gasteiger partial charge in [0.05, 0.1) is 6.04 Å². The molecular formula is C11H14ClNO. The molecule has 1 unspecified atom stereocenters. The van der Waals surface area contributed by atoms with E-state index < -0.39 is 5.37 Å². The van der Waals surface area contributed by atoms with Crippen LogP contribution in [0.1, 0.15) is 31.4 Å². The van der Waals surface area contributed by atoms with Crippen LogP contribution >= 0.6 is 11.6 Å². The summed E-state index contributed by atoms with van der Waals surface area (Å²) < 4.78 is 0. The summed E-state index contributed by atoms with van der Waals surface area (Å²) in [6, 6.07) is 9.89.